The molecule has 5 nitrogen and oxygen atoms in total. The average Bonchev–Trinajstić information content (AvgIpc) is 2.32. The first kappa shape index (κ1) is 13.6. The van der Waals surface area contributed by atoms with Crippen LogP contribution >= 0.6 is 11.6 Å². The van der Waals surface area contributed by atoms with Crippen LogP contribution in [0.5, 0.6) is 11.5 Å². The van der Waals surface area contributed by atoms with Crippen molar-refractivity contribution >= 4 is 17.6 Å². The molecule has 0 amide bonds. The number of aromatic hydroxyl groups is 1. The van der Waals surface area contributed by atoms with Crippen LogP contribution in [0, 0.1) is 0 Å². The lowest BCUT2D eigenvalue weighted by molar-refractivity contribution is -0.142. The topological polar surface area (TPSA) is 81.8 Å². The van der Waals surface area contributed by atoms with Crippen molar-refractivity contribution in [1.82, 2.24) is 0 Å². The summed E-state index contributed by atoms with van der Waals surface area (Å²) in [6.07, 6.45) is 0.253. The minimum Gasteiger partial charge on any atom is -0.503 e. The number of nitrogens with two attached hydrogens (primary N) is 1. The van der Waals surface area contributed by atoms with Crippen molar-refractivity contribution in [2.45, 2.75) is 12.5 Å². The molecule has 0 aromatic heterocycles. The van der Waals surface area contributed by atoms with Crippen molar-refractivity contribution in [3.63, 3.8) is 0 Å². The third-order valence-electron chi connectivity index (χ3n) is 2.27. The van der Waals surface area contributed by atoms with Crippen LogP contribution in [0.3, 0.4) is 0 Å². The molecule has 0 aliphatic rings. The maximum absolute atomic E-state index is 11.2. The van der Waals surface area contributed by atoms with Gasteiger partial charge in [0.05, 0.1) is 19.2 Å². The Hall–Kier alpha value is -1.46. The van der Waals surface area contributed by atoms with Gasteiger partial charge in [0.15, 0.2) is 11.5 Å². The Balaban J connectivity index is 2.92. The van der Waals surface area contributed by atoms with Crippen LogP contribution in [0.25, 0.3) is 0 Å². The summed E-state index contributed by atoms with van der Waals surface area (Å²) >= 11 is 5.81. The molecule has 1 unspecified atom stereocenters. The van der Waals surface area contributed by atoms with Crippen molar-refractivity contribution in [3.05, 3.63) is 22.7 Å². The quantitative estimate of drug-likeness (QED) is 0.792. The fraction of sp³-hybridized carbons (Fsp3) is 0.364. The zero-order chi connectivity index (χ0) is 13.0. The Bertz CT molecular complexity index is 422. The van der Waals surface area contributed by atoms with Crippen molar-refractivity contribution in [2.24, 2.45) is 5.73 Å². The number of phenols is 1. The maximum Gasteiger partial charge on any atom is 0.322 e. The van der Waals surface area contributed by atoms with Crippen LogP contribution in [0.2, 0.25) is 5.02 Å². The maximum atomic E-state index is 11.2. The predicted molar refractivity (Wildman–Crippen MR) is 63.4 cm³/mol. The van der Waals surface area contributed by atoms with E-state index in [1.165, 1.54) is 20.3 Å². The van der Waals surface area contributed by atoms with E-state index in [0.29, 0.717) is 5.56 Å². The zero-order valence-electron chi connectivity index (χ0n) is 9.57. The smallest absolute Gasteiger partial charge is 0.322 e. The molecule has 1 aromatic carbocycles. The Labute approximate surface area is 104 Å². The number of benzene rings is 1. The number of rotatable bonds is 4. The fourth-order valence-electron chi connectivity index (χ4n) is 1.39. The van der Waals surface area contributed by atoms with Gasteiger partial charge < -0.3 is 20.3 Å². The second-order valence-corrected chi connectivity index (χ2v) is 3.87. The lowest BCUT2D eigenvalue weighted by Crippen LogP contribution is -2.33. The van der Waals surface area contributed by atoms with E-state index in [1.807, 2.05) is 0 Å². The standard InChI is InChI=1S/C11H14ClNO4/c1-16-9-5-6(3-7(12)10(9)14)4-8(13)11(15)17-2/h3,5,8,14H,4,13H2,1-2H3. The van der Waals surface area contributed by atoms with Gasteiger partial charge in [0.25, 0.3) is 0 Å². The highest BCUT2D eigenvalue weighted by atomic mass is 35.5. The summed E-state index contributed by atoms with van der Waals surface area (Å²) in [4.78, 5) is 11.2. The van der Waals surface area contributed by atoms with Crippen molar-refractivity contribution in [1.29, 1.82) is 0 Å². The second-order valence-electron chi connectivity index (χ2n) is 3.46. The normalized spacial score (nSPS) is 12.0. The first-order valence-corrected chi connectivity index (χ1v) is 5.26. The van der Waals surface area contributed by atoms with Gasteiger partial charge in [-0.25, -0.2) is 0 Å². The van der Waals surface area contributed by atoms with Crippen LogP contribution in [-0.2, 0) is 16.0 Å². The van der Waals surface area contributed by atoms with E-state index in [-0.39, 0.29) is 22.9 Å². The van der Waals surface area contributed by atoms with Gasteiger partial charge in [-0.1, -0.05) is 11.6 Å². The second kappa shape index (κ2) is 5.75. The molecule has 0 aliphatic heterocycles. The van der Waals surface area contributed by atoms with E-state index in [0.717, 1.165) is 0 Å². The molecular formula is C11H14ClNO4. The molecule has 94 valence electrons. The lowest BCUT2D eigenvalue weighted by atomic mass is 10.1. The van der Waals surface area contributed by atoms with E-state index < -0.39 is 12.0 Å². The molecule has 0 radical (unpaired) electrons. The van der Waals surface area contributed by atoms with E-state index in [2.05, 4.69) is 4.74 Å². The molecular weight excluding hydrogens is 246 g/mol. The summed E-state index contributed by atoms with van der Waals surface area (Å²) < 4.78 is 9.46. The minimum absolute atomic E-state index is 0.135. The van der Waals surface area contributed by atoms with Crippen molar-refractivity contribution in [3.8, 4) is 11.5 Å². The molecule has 3 N–H and O–H groups in total. The molecule has 0 bridgehead atoms. The van der Waals surface area contributed by atoms with Gasteiger partial charge in [-0.05, 0) is 24.1 Å². The Morgan fingerprint density at radius 3 is 2.71 bits per heavy atom. The lowest BCUT2D eigenvalue weighted by Gasteiger charge is -2.12. The summed E-state index contributed by atoms with van der Waals surface area (Å²) in [5.74, 6) is -0.401. The molecule has 1 aromatic rings. The SMILES string of the molecule is COC(=O)C(N)Cc1cc(Cl)c(O)c(OC)c1. The van der Waals surface area contributed by atoms with Gasteiger partial charge in [0, 0.05) is 0 Å². The molecule has 0 saturated heterocycles. The van der Waals surface area contributed by atoms with E-state index in [1.54, 1.807) is 6.07 Å². The number of methoxy groups -OCH3 is 2. The number of carbonyl (C=O) groups excluding carboxylic acids is 1. The molecule has 1 atom stereocenters. The Morgan fingerprint density at radius 1 is 1.53 bits per heavy atom. The third kappa shape index (κ3) is 3.25. The van der Waals surface area contributed by atoms with Crippen molar-refractivity contribution < 1.29 is 19.4 Å². The van der Waals surface area contributed by atoms with Crippen LogP contribution < -0.4 is 10.5 Å². The Morgan fingerprint density at radius 2 is 2.18 bits per heavy atom. The average molecular weight is 260 g/mol. The fourth-order valence-corrected chi connectivity index (χ4v) is 1.62. The molecule has 0 aliphatic carbocycles. The highest BCUT2D eigenvalue weighted by Gasteiger charge is 2.16. The van der Waals surface area contributed by atoms with E-state index in [4.69, 9.17) is 22.1 Å². The van der Waals surface area contributed by atoms with Crippen LogP contribution in [0.15, 0.2) is 12.1 Å². The number of halogens is 1. The molecule has 6 heteroatoms. The van der Waals surface area contributed by atoms with E-state index in [9.17, 15) is 9.90 Å². The largest absolute Gasteiger partial charge is 0.503 e. The summed E-state index contributed by atoms with van der Waals surface area (Å²) in [7, 11) is 2.68. The summed E-state index contributed by atoms with van der Waals surface area (Å²) in [6.45, 7) is 0. The number of carbonyl (C=O) groups is 1. The van der Waals surface area contributed by atoms with Crippen molar-refractivity contribution in [2.75, 3.05) is 14.2 Å². The van der Waals surface area contributed by atoms with Gasteiger partial charge in [0.1, 0.15) is 6.04 Å². The molecule has 0 heterocycles. The Kier molecular flexibility index (Phi) is 4.60. The molecule has 1 rings (SSSR count). The first-order chi connectivity index (χ1) is 7.99. The summed E-state index contributed by atoms with van der Waals surface area (Å²) in [6, 6.07) is 2.33. The minimum atomic E-state index is -0.773. The molecule has 0 fully saturated rings. The molecule has 0 spiro atoms. The van der Waals surface area contributed by atoms with Gasteiger partial charge >= 0.3 is 5.97 Å². The van der Waals surface area contributed by atoms with Crippen LogP contribution in [-0.4, -0.2) is 31.3 Å². The monoisotopic (exact) mass is 259 g/mol. The zero-order valence-corrected chi connectivity index (χ0v) is 10.3. The van der Waals surface area contributed by atoms with Gasteiger partial charge in [-0.2, -0.15) is 0 Å². The predicted octanol–water partition coefficient (Wildman–Crippen LogP) is 1.10. The summed E-state index contributed by atoms with van der Waals surface area (Å²) in [5, 5.41) is 9.68. The van der Waals surface area contributed by atoms with Gasteiger partial charge in [0.2, 0.25) is 0 Å². The third-order valence-corrected chi connectivity index (χ3v) is 2.56. The van der Waals surface area contributed by atoms with Gasteiger partial charge in [-0.3, -0.25) is 4.79 Å². The highest BCUT2D eigenvalue weighted by Crippen LogP contribution is 2.35. The number of esters is 1. The van der Waals surface area contributed by atoms with E-state index >= 15 is 0 Å². The number of hydrogen-bond donors (Lipinski definition) is 2. The number of ether oxygens (including phenoxy) is 2. The van der Waals surface area contributed by atoms with Gasteiger partial charge in [-0.15, -0.1) is 0 Å². The number of hydrogen-bond acceptors (Lipinski definition) is 5. The van der Waals surface area contributed by atoms with Crippen LogP contribution in [0.4, 0.5) is 0 Å². The summed E-state index contributed by atoms with van der Waals surface area (Å²) in [5.41, 5.74) is 6.30. The number of phenolic OH excluding ortho intramolecular Hbond substituents is 1. The molecule has 0 saturated carbocycles. The highest BCUT2D eigenvalue weighted by molar-refractivity contribution is 6.32. The first-order valence-electron chi connectivity index (χ1n) is 4.88. The molecule has 17 heavy (non-hydrogen) atoms. The van der Waals surface area contributed by atoms with Crippen LogP contribution in [0.1, 0.15) is 5.56 Å².